The first kappa shape index (κ1) is 14.3. The summed E-state index contributed by atoms with van der Waals surface area (Å²) in [7, 11) is 0. The van der Waals surface area contributed by atoms with E-state index in [9.17, 15) is 9.18 Å². The lowest BCUT2D eigenvalue weighted by atomic mass is 10.0. The zero-order valence-corrected chi connectivity index (χ0v) is 11.7. The number of alkyl halides is 1. The summed E-state index contributed by atoms with van der Waals surface area (Å²) in [6.45, 7) is 0.362. The zero-order chi connectivity index (χ0) is 13.7. The molecule has 1 aliphatic heterocycles. The first-order valence-electron chi connectivity index (χ1n) is 6.58. The molecule has 0 bridgehead atoms. The van der Waals surface area contributed by atoms with Crippen molar-refractivity contribution in [2.75, 3.05) is 30.4 Å². The number of aryl methyl sites for hydroxylation is 1. The maximum absolute atomic E-state index is 12.5. The number of fused-ring (bicyclic) bond motifs is 1. The maximum atomic E-state index is 12.5. The molecule has 0 radical (unpaired) electrons. The lowest BCUT2D eigenvalue weighted by Gasteiger charge is -2.29. The second-order valence-electron chi connectivity index (χ2n) is 4.52. The Balaban J connectivity index is 2.14. The van der Waals surface area contributed by atoms with Crippen molar-refractivity contribution in [2.45, 2.75) is 24.2 Å². The smallest absolute Gasteiger partial charge is 0.227 e. The monoisotopic (exact) mass is 282 g/mol. The van der Waals surface area contributed by atoms with Gasteiger partial charge in [-0.3, -0.25) is 4.79 Å². The second kappa shape index (κ2) is 6.91. The van der Waals surface area contributed by atoms with Crippen molar-refractivity contribution in [1.29, 1.82) is 0 Å². The molecule has 0 fully saturated rings. The Kier molecular flexibility index (Phi) is 5.22. The molecule has 0 aliphatic carbocycles. The highest BCUT2D eigenvalue weighted by atomic mass is 32.2. The van der Waals surface area contributed by atoms with Gasteiger partial charge in [-0.25, -0.2) is 4.39 Å². The first-order valence-corrected chi connectivity index (χ1v) is 7.57. The molecule has 0 aromatic heterocycles. The van der Waals surface area contributed by atoms with Crippen molar-refractivity contribution in [1.82, 2.24) is 0 Å². The number of rotatable bonds is 6. The zero-order valence-electron chi connectivity index (χ0n) is 10.9. The van der Waals surface area contributed by atoms with Crippen molar-refractivity contribution in [3.05, 3.63) is 23.8 Å². The van der Waals surface area contributed by atoms with E-state index < -0.39 is 6.67 Å². The minimum atomic E-state index is -0.502. The van der Waals surface area contributed by atoms with Gasteiger partial charge in [0.2, 0.25) is 5.91 Å². The van der Waals surface area contributed by atoms with Gasteiger partial charge < -0.3 is 10.6 Å². The van der Waals surface area contributed by atoms with Crippen LogP contribution in [0.15, 0.2) is 23.1 Å². The first-order chi connectivity index (χ1) is 9.26. The molecule has 1 amide bonds. The van der Waals surface area contributed by atoms with E-state index in [1.807, 2.05) is 12.1 Å². The molecular formula is C14H19FN2OS. The molecule has 1 aromatic carbocycles. The van der Waals surface area contributed by atoms with Gasteiger partial charge in [0.25, 0.3) is 0 Å². The molecule has 5 heteroatoms. The summed E-state index contributed by atoms with van der Waals surface area (Å²) in [5.41, 5.74) is 7.49. The van der Waals surface area contributed by atoms with Crippen molar-refractivity contribution in [2.24, 2.45) is 5.73 Å². The number of nitrogens with zero attached hydrogens (tertiary/aromatic N) is 1. The molecule has 0 saturated heterocycles. The standard InChI is InChI=1S/C14H19FN2OS/c15-6-8-17-13-4-3-12(19-9-1-7-16)10-11(13)2-5-14(17)18/h3-4,10H,1-2,5-9,16H2. The van der Waals surface area contributed by atoms with Crippen molar-refractivity contribution >= 4 is 23.4 Å². The number of hydrogen-bond donors (Lipinski definition) is 1. The Bertz CT molecular complexity index is 453. The summed E-state index contributed by atoms with van der Waals surface area (Å²) in [5.74, 6) is 1.02. The van der Waals surface area contributed by atoms with Crippen LogP contribution in [0.1, 0.15) is 18.4 Å². The fourth-order valence-electron chi connectivity index (χ4n) is 2.23. The Morgan fingerprint density at radius 3 is 2.95 bits per heavy atom. The lowest BCUT2D eigenvalue weighted by molar-refractivity contribution is -0.118. The number of thioether (sulfide) groups is 1. The topological polar surface area (TPSA) is 46.3 Å². The average Bonchev–Trinajstić information content (AvgIpc) is 2.42. The molecule has 0 saturated carbocycles. The van der Waals surface area contributed by atoms with Crippen LogP contribution in [0.25, 0.3) is 0 Å². The van der Waals surface area contributed by atoms with Gasteiger partial charge >= 0.3 is 0 Å². The van der Waals surface area contributed by atoms with Crippen molar-refractivity contribution in [3.8, 4) is 0 Å². The highest BCUT2D eigenvalue weighted by molar-refractivity contribution is 7.99. The van der Waals surface area contributed by atoms with Crippen LogP contribution in [0.4, 0.5) is 10.1 Å². The summed E-state index contributed by atoms with van der Waals surface area (Å²) in [4.78, 5) is 14.5. The Morgan fingerprint density at radius 2 is 2.21 bits per heavy atom. The van der Waals surface area contributed by atoms with Crippen LogP contribution < -0.4 is 10.6 Å². The highest BCUT2D eigenvalue weighted by Gasteiger charge is 2.23. The quantitative estimate of drug-likeness (QED) is 0.643. The van der Waals surface area contributed by atoms with Crippen LogP contribution in [0.2, 0.25) is 0 Å². The molecule has 1 aliphatic rings. The van der Waals surface area contributed by atoms with E-state index >= 15 is 0 Å². The molecule has 19 heavy (non-hydrogen) atoms. The van der Waals surface area contributed by atoms with E-state index in [2.05, 4.69) is 6.07 Å². The minimum absolute atomic E-state index is 0.0219. The number of amides is 1. The Morgan fingerprint density at radius 1 is 1.37 bits per heavy atom. The van der Waals surface area contributed by atoms with Crippen molar-refractivity contribution in [3.63, 3.8) is 0 Å². The van der Waals surface area contributed by atoms with Gasteiger partial charge in [0, 0.05) is 17.0 Å². The van der Waals surface area contributed by atoms with Crippen LogP contribution in [-0.4, -0.2) is 31.4 Å². The van der Waals surface area contributed by atoms with Gasteiger partial charge in [-0.2, -0.15) is 0 Å². The normalized spacial score (nSPS) is 14.6. The van der Waals surface area contributed by atoms with Crippen LogP contribution in [0.3, 0.4) is 0 Å². The van der Waals surface area contributed by atoms with Gasteiger partial charge in [-0.05, 0) is 48.9 Å². The predicted molar refractivity (Wildman–Crippen MR) is 77.5 cm³/mol. The van der Waals surface area contributed by atoms with E-state index in [-0.39, 0.29) is 12.5 Å². The molecule has 104 valence electrons. The van der Waals surface area contributed by atoms with Gasteiger partial charge in [0.15, 0.2) is 0 Å². The number of hydrogen-bond acceptors (Lipinski definition) is 3. The van der Waals surface area contributed by atoms with Crippen LogP contribution >= 0.6 is 11.8 Å². The maximum Gasteiger partial charge on any atom is 0.227 e. The largest absolute Gasteiger partial charge is 0.330 e. The molecule has 2 N–H and O–H groups in total. The van der Waals surface area contributed by atoms with Crippen molar-refractivity contribution < 1.29 is 9.18 Å². The number of nitrogens with two attached hydrogens (primary N) is 1. The summed E-state index contributed by atoms with van der Waals surface area (Å²) >= 11 is 1.78. The average molecular weight is 282 g/mol. The molecular weight excluding hydrogens is 263 g/mol. The van der Waals surface area contributed by atoms with Crippen LogP contribution in [0, 0.1) is 0 Å². The fraction of sp³-hybridized carbons (Fsp3) is 0.500. The van der Waals surface area contributed by atoms with E-state index in [4.69, 9.17) is 5.73 Å². The fourth-order valence-corrected chi connectivity index (χ4v) is 3.17. The van der Waals surface area contributed by atoms with Crippen LogP contribution in [0.5, 0.6) is 0 Å². The van der Waals surface area contributed by atoms with Gasteiger partial charge in [-0.1, -0.05) is 0 Å². The minimum Gasteiger partial charge on any atom is -0.330 e. The molecule has 2 rings (SSSR count). The molecule has 1 heterocycles. The highest BCUT2D eigenvalue weighted by Crippen LogP contribution is 2.31. The summed E-state index contributed by atoms with van der Waals surface area (Å²) < 4.78 is 12.5. The van der Waals surface area contributed by atoms with E-state index in [1.165, 1.54) is 4.90 Å². The third kappa shape index (κ3) is 3.48. The molecule has 0 unspecified atom stereocenters. The number of carbonyl (C=O) groups excluding carboxylic acids is 1. The number of anilines is 1. The second-order valence-corrected chi connectivity index (χ2v) is 5.68. The number of carbonyl (C=O) groups is 1. The SMILES string of the molecule is NCCCSc1ccc2c(c1)CCC(=O)N2CCF. The number of halogens is 1. The van der Waals surface area contributed by atoms with E-state index in [1.54, 1.807) is 16.7 Å². The Hall–Kier alpha value is -1.07. The molecule has 1 aromatic rings. The third-order valence-corrected chi connectivity index (χ3v) is 4.26. The summed E-state index contributed by atoms with van der Waals surface area (Å²) in [6, 6.07) is 6.06. The van der Waals surface area contributed by atoms with Gasteiger partial charge in [-0.15, -0.1) is 11.8 Å². The molecule has 0 spiro atoms. The molecule has 0 atom stereocenters. The van der Waals surface area contributed by atoms with E-state index in [0.29, 0.717) is 13.0 Å². The summed E-state index contributed by atoms with van der Waals surface area (Å²) in [5, 5.41) is 0. The molecule has 3 nitrogen and oxygen atoms in total. The summed E-state index contributed by atoms with van der Waals surface area (Å²) in [6.07, 6.45) is 2.22. The number of benzene rings is 1. The third-order valence-electron chi connectivity index (χ3n) is 3.18. The van der Waals surface area contributed by atoms with E-state index in [0.717, 1.165) is 29.8 Å². The van der Waals surface area contributed by atoms with Gasteiger partial charge in [0.1, 0.15) is 6.67 Å². The van der Waals surface area contributed by atoms with Crippen LogP contribution in [-0.2, 0) is 11.2 Å². The lowest BCUT2D eigenvalue weighted by Crippen LogP contribution is -2.36. The predicted octanol–water partition coefficient (Wildman–Crippen LogP) is 2.38. The Labute approximate surface area is 117 Å². The van der Waals surface area contributed by atoms with Gasteiger partial charge in [0.05, 0.1) is 6.54 Å².